The second-order valence-electron chi connectivity index (χ2n) is 7.12. The summed E-state index contributed by atoms with van der Waals surface area (Å²) in [5.74, 6) is -3.50. The fourth-order valence-electron chi connectivity index (χ4n) is 3.16. The van der Waals surface area contributed by atoms with E-state index in [1.54, 1.807) is 48.5 Å². The molecule has 34 heavy (non-hydrogen) atoms. The molecule has 2 amide bonds. The van der Waals surface area contributed by atoms with Crippen molar-refractivity contribution in [3.63, 3.8) is 0 Å². The van der Waals surface area contributed by atoms with E-state index in [0.717, 1.165) is 16.0 Å². The number of halogens is 1. The summed E-state index contributed by atoms with van der Waals surface area (Å²) in [6.45, 7) is 2.85. The molecule has 3 aromatic rings. The van der Waals surface area contributed by atoms with Crippen molar-refractivity contribution in [1.82, 2.24) is 0 Å². The molecule has 0 bridgehead atoms. The number of nitrogens with zero attached hydrogens (tertiary/aromatic N) is 1. The summed E-state index contributed by atoms with van der Waals surface area (Å²) >= 11 is 0. The lowest BCUT2D eigenvalue weighted by Crippen LogP contribution is -2.29. The lowest BCUT2D eigenvalue weighted by atomic mass is 10.0. The second kappa shape index (κ2) is 9.33. The van der Waals surface area contributed by atoms with Gasteiger partial charge in [0, 0.05) is 12.2 Å². The third-order valence-electron chi connectivity index (χ3n) is 4.86. The quantitative estimate of drug-likeness (QED) is 0.236. The molecule has 0 aliphatic carbocycles. The van der Waals surface area contributed by atoms with Crippen LogP contribution in [0.25, 0.3) is 11.1 Å². The van der Waals surface area contributed by atoms with Crippen LogP contribution in [-0.2, 0) is 14.4 Å². The highest BCUT2D eigenvalue weighted by molar-refractivity contribution is 6.28. The second-order valence-corrected chi connectivity index (χ2v) is 7.12. The lowest BCUT2D eigenvalue weighted by Gasteiger charge is -2.14. The van der Waals surface area contributed by atoms with E-state index >= 15 is 0 Å². The van der Waals surface area contributed by atoms with E-state index in [9.17, 15) is 23.6 Å². The molecule has 0 N–H and O–H groups in total. The number of hydrogen-bond acceptors (Lipinski definition) is 6. The fourth-order valence-corrected chi connectivity index (χ4v) is 3.16. The first-order valence-corrected chi connectivity index (χ1v) is 9.97. The van der Waals surface area contributed by atoms with Gasteiger partial charge in [-0.1, -0.05) is 30.8 Å². The summed E-state index contributed by atoms with van der Waals surface area (Å²) in [5, 5.41) is 0. The number of benzene rings is 3. The van der Waals surface area contributed by atoms with Gasteiger partial charge in [-0.15, -0.1) is 0 Å². The molecule has 1 aliphatic heterocycles. The van der Waals surface area contributed by atoms with Crippen molar-refractivity contribution in [2.75, 3.05) is 4.90 Å². The van der Waals surface area contributed by atoms with Gasteiger partial charge < -0.3 is 9.47 Å². The smallest absolute Gasteiger partial charge is 0.371 e. The molecule has 7 nitrogen and oxygen atoms in total. The van der Waals surface area contributed by atoms with E-state index in [0.29, 0.717) is 11.3 Å². The van der Waals surface area contributed by atoms with Gasteiger partial charge in [0.15, 0.2) is 0 Å². The van der Waals surface area contributed by atoms with Crippen LogP contribution in [0.2, 0.25) is 0 Å². The Bertz CT molecular complexity index is 1310. The monoisotopic (exact) mass is 457 g/mol. The number of rotatable bonds is 6. The lowest BCUT2D eigenvalue weighted by molar-refractivity contribution is -0.131. The van der Waals surface area contributed by atoms with E-state index < -0.39 is 17.8 Å². The summed E-state index contributed by atoms with van der Waals surface area (Å²) in [5.41, 5.74) is 2.43. The van der Waals surface area contributed by atoms with Crippen molar-refractivity contribution >= 4 is 29.4 Å². The van der Waals surface area contributed by atoms with Gasteiger partial charge in [0.1, 0.15) is 11.5 Å². The van der Waals surface area contributed by atoms with Crippen molar-refractivity contribution in [1.29, 1.82) is 0 Å². The highest BCUT2D eigenvalue weighted by atomic mass is 19.1. The summed E-state index contributed by atoms with van der Waals surface area (Å²) in [6, 6.07) is 19.1. The number of imide groups is 1. The maximum absolute atomic E-state index is 12.7. The van der Waals surface area contributed by atoms with Crippen molar-refractivity contribution < 1.29 is 33.0 Å². The van der Waals surface area contributed by atoms with Crippen LogP contribution in [0, 0.1) is 0 Å². The maximum atomic E-state index is 12.7. The van der Waals surface area contributed by atoms with Crippen LogP contribution in [-0.4, -0.2) is 23.8 Å². The van der Waals surface area contributed by atoms with Gasteiger partial charge in [0.05, 0.1) is 11.3 Å². The molecule has 0 spiro atoms. The molecule has 0 fully saturated rings. The van der Waals surface area contributed by atoms with Gasteiger partial charge in [0.25, 0.3) is 11.8 Å². The zero-order valence-corrected chi connectivity index (χ0v) is 17.6. The molecule has 1 heterocycles. The molecule has 0 saturated carbocycles. The summed E-state index contributed by atoms with van der Waals surface area (Å²) in [7, 11) is 0. The average Bonchev–Trinajstić information content (AvgIpc) is 3.18. The van der Waals surface area contributed by atoms with Crippen LogP contribution in [0.4, 0.5) is 10.1 Å². The molecule has 8 heteroatoms. The molecule has 1 aliphatic rings. The van der Waals surface area contributed by atoms with Gasteiger partial charge in [-0.3, -0.25) is 9.59 Å². The van der Waals surface area contributed by atoms with Crippen molar-refractivity contribution in [2.24, 2.45) is 0 Å². The summed E-state index contributed by atoms with van der Waals surface area (Å²) in [4.78, 5) is 48.3. The van der Waals surface area contributed by atoms with E-state index in [1.165, 1.54) is 36.4 Å². The highest BCUT2D eigenvalue weighted by Crippen LogP contribution is 2.26. The Morgan fingerprint density at radius 2 is 1.18 bits per heavy atom. The predicted molar refractivity (Wildman–Crippen MR) is 121 cm³/mol. The van der Waals surface area contributed by atoms with Crippen molar-refractivity contribution in [2.45, 2.75) is 0 Å². The van der Waals surface area contributed by atoms with Gasteiger partial charge in [-0.05, 0) is 59.7 Å². The van der Waals surface area contributed by atoms with Crippen LogP contribution in [0.5, 0.6) is 11.5 Å². The number of ether oxygens (including phenoxy) is 2. The third kappa shape index (κ3) is 4.81. The van der Waals surface area contributed by atoms with Gasteiger partial charge in [0.2, 0.25) is 5.83 Å². The van der Waals surface area contributed by atoms with Gasteiger partial charge in [-0.25, -0.2) is 14.5 Å². The Labute approximate surface area is 193 Å². The normalized spacial score (nSPS) is 12.6. The van der Waals surface area contributed by atoms with Gasteiger partial charge in [-0.2, -0.15) is 4.39 Å². The van der Waals surface area contributed by atoms with Gasteiger partial charge >= 0.3 is 11.9 Å². The zero-order chi connectivity index (χ0) is 24.2. The topological polar surface area (TPSA) is 90.0 Å². The van der Waals surface area contributed by atoms with E-state index in [4.69, 9.17) is 9.47 Å². The van der Waals surface area contributed by atoms with Crippen molar-refractivity contribution in [3.8, 4) is 22.6 Å². The predicted octanol–water partition coefficient (Wildman–Crippen LogP) is 4.39. The molecule has 0 unspecified atom stereocenters. The summed E-state index contributed by atoms with van der Waals surface area (Å²) in [6.07, 6.45) is 2.45. The molecule has 0 aromatic heterocycles. The fraction of sp³-hybridized carbons (Fsp3) is 0. The first kappa shape index (κ1) is 22.3. The minimum Gasteiger partial charge on any atom is -0.423 e. The number of carbonyl (C=O) groups excluding carboxylic acids is 4. The van der Waals surface area contributed by atoms with E-state index in [2.05, 4.69) is 6.58 Å². The molecular weight excluding hydrogens is 441 g/mol. The van der Waals surface area contributed by atoms with Crippen LogP contribution in [0.3, 0.4) is 0 Å². The maximum Gasteiger partial charge on any atom is 0.371 e. The third-order valence-corrected chi connectivity index (χ3v) is 4.86. The zero-order valence-electron chi connectivity index (χ0n) is 17.6. The van der Waals surface area contributed by atoms with Crippen molar-refractivity contribution in [3.05, 3.63) is 103 Å². The average molecular weight is 457 g/mol. The first-order valence-electron chi connectivity index (χ1n) is 9.97. The van der Waals surface area contributed by atoms with E-state index in [-0.39, 0.29) is 23.3 Å². The minimum absolute atomic E-state index is 0.0775. The Balaban J connectivity index is 1.40. The van der Waals surface area contributed by atoms with Crippen LogP contribution >= 0.6 is 0 Å². The Kier molecular flexibility index (Phi) is 6.13. The molecule has 4 rings (SSSR count). The molecule has 0 radical (unpaired) electrons. The number of carbonyl (C=O) groups is 4. The number of esters is 2. The van der Waals surface area contributed by atoms with Crippen LogP contribution < -0.4 is 14.4 Å². The molecule has 3 aromatic carbocycles. The molecule has 0 atom stereocenters. The Hall–Kier alpha value is -4.85. The molecular formula is C26H16FNO6. The van der Waals surface area contributed by atoms with Crippen LogP contribution in [0.15, 0.2) is 97.4 Å². The standard InChI is InChI=1S/C26H16FNO6/c1-16(27)25(31)33-21-10-12-22(13-11-21)34-26(32)19-4-2-17(3-5-19)18-6-8-20(9-7-18)28-23(29)14-15-24(28)30/h2-15H,1H2. The first-order chi connectivity index (χ1) is 16.3. The number of anilines is 1. The Morgan fingerprint density at radius 3 is 1.68 bits per heavy atom. The largest absolute Gasteiger partial charge is 0.423 e. The van der Waals surface area contributed by atoms with E-state index in [1.807, 2.05) is 0 Å². The Morgan fingerprint density at radius 1 is 0.706 bits per heavy atom. The number of amides is 2. The molecule has 168 valence electrons. The number of hydrogen-bond donors (Lipinski definition) is 0. The highest BCUT2D eigenvalue weighted by Gasteiger charge is 2.24. The SMILES string of the molecule is C=C(F)C(=O)Oc1ccc(OC(=O)c2ccc(-c3ccc(N4C(=O)C=CC4=O)cc3)cc2)cc1. The van der Waals surface area contributed by atoms with Crippen LogP contribution in [0.1, 0.15) is 10.4 Å². The minimum atomic E-state index is -1.22. The molecule has 0 saturated heterocycles. The summed E-state index contributed by atoms with van der Waals surface area (Å²) < 4.78 is 22.7.